The highest BCUT2D eigenvalue weighted by Crippen LogP contribution is 2.39. The number of primary amides is 1. The van der Waals surface area contributed by atoms with Crippen LogP contribution in [0.1, 0.15) is 63.1 Å². The zero-order valence-electron chi connectivity index (χ0n) is 20.7. The molecule has 0 spiro atoms. The third-order valence-corrected chi connectivity index (χ3v) is 7.43. The minimum atomic E-state index is -1.15. The summed E-state index contributed by atoms with van der Waals surface area (Å²) in [7, 11) is 0. The standard InChI is InChI=1S/C25H32ClF2N7O2/c1-13-23(34-24(30-2)32-15-4-3-5-17(36)12-15)35(16-8-6-14(7-9-16)22(29)37)25(31-13)33-19-11-10-18(26)20(27)21(19)28/h10-11,14-17,36H,2-9,12H2,1H3,(H2,29,37)(H,31,33)(H,32,34)/t14?,15-,16?,17-/m0/s1. The molecule has 1 amide bonds. The number of benzene rings is 1. The summed E-state index contributed by atoms with van der Waals surface area (Å²) >= 11 is 5.72. The van der Waals surface area contributed by atoms with Crippen molar-refractivity contribution in [2.75, 3.05) is 10.6 Å². The van der Waals surface area contributed by atoms with E-state index in [2.05, 4.69) is 32.3 Å². The van der Waals surface area contributed by atoms with E-state index in [1.165, 1.54) is 12.1 Å². The number of hydrogen-bond acceptors (Lipinski definition) is 5. The maximum atomic E-state index is 14.6. The zero-order valence-corrected chi connectivity index (χ0v) is 21.4. The summed E-state index contributed by atoms with van der Waals surface area (Å²) in [5.74, 6) is -1.65. The average molecular weight is 536 g/mol. The Kier molecular flexibility index (Phi) is 8.43. The molecule has 200 valence electrons. The Morgan fingerprint density at radius 2 is 1.95 bits per heavy atom. The minimum Gasteiger partial charge on any atom is -0.393 e. The van der Waals surface area contributed by atoms with Crippen LogP contribution in [0.5, 0.6) is 0 Å². The molecule has 1 aromatic heterocycles. The summed E-state index contributed by atoms with van der Waals surface area (Å²) < 4.78 is 30.6. The number of anilines is 3. The Bertz CT molecular complexity index is 1190. The van der Waals surface area contributed by atoms with Crippen molar-refractivity contribution in [2.24, 2.45) is 21.6 Å². The second-order valence-electron chi connectivity index (χ2n) is 9.71. The van der Waals surface area contributed by atoms with Gasteiger partial charge in [0.1, 0.15) is 5.82 Å². The van der Waals surface area contributed by atoms with Crippen molar-refractivity contribution in [3.05, 3.63) is 34.5 Å². The van der Waals surface area contributed by atoms with Gasteiger partial charge in [0.2, 0.25) is 17.8 Å². The number of carbonyl (C=O) groups excluding carboxylic acids is 1. The lowest BCUT2D eigenvalue weighted by atomic mass is 9.85. The third-order valence-electron chi connectivity index (χ3n) is 7.13. The van der Waals surface area contributed by atoms with E-state index < -0.39 is 17.7 Å². The summed E-state index contributed by atoms with van der Waals surface area (Å²) in [6.45, 7) is 5.42. The highest BCUT2D eigenvalue weighted by molar-refractivity contribution is 6.30. The Labute approximate surface area is 219 Å². The number of guanidine groups is 1. The number of nitrogens with two attached hydrogens (primary N) is 1. The van der Waals surface area contributed by atoms with Gasteiger partial charge in [0.05, 0.1) is 28.5 Å². The lowest BCUT2D eigenvalue weighted by molar-refractivity contribution is -0.122. The maximum Gasteiger partial charge on any atom is 0.223 e. The molecule has 2 aliphatic carbocycles. The largest absolute Gasteiger partial charge is 0.393 e. The summed E-state index contributed by atoms with van der Waals surface area (Å²) in [5.41, 5.74) is 5.98. The van der Waals surface area contributed by atoms with Crippen LogP contribution in [-0.4, -0.2) is 45.4 Å². The SMILES string of the molecule is C=NC(=N[C@H]1CCC[C@H](O)C1)Nc1c(C)nc(Nc2ccc(Cl)c(F)c2F)n1C1CCC(C(N)=O)CC1. The Hall–Kier alpha value is -3.05. The van der Waals surface area contributed by atoms with Crippen molar-refractivity contribution >= 4 is 47.6 Å². The molecule has 2 aliphatic rings. The summed E-state index contributed by atoms with van der Waals surface area (Å²) in [6.07, 6.45) is 5.07. The molecule has 2 fully saturated rings. The molecule has 4 rings (SSSR count). The summed E-state index contributed by atoms with van der Waals surface area (Å²) in [5, 5.41) is 15.8. The van der Waals surface area contributed by atoms with Crippen molar-refractivity contribution in [1.82, 2.24) is 9.55 Å². The molecule has 0 saturated heterocycles. The molecule has 0 unspecified atom stereocenters. The first kappa shape index (κ1) is 27.0. The Morgan fingerprint density at radius 3 is 2.59 bits per heavy atom. The molecule has 37 heavy (non-hydrogen) atoms. The lowest BCUT2D eigenvalue weighted by Gasteiger charge is -2.30. The molecule has 1 aromatic carbocycles. The van der Waals surface area contributed by atoms with Crippen molar-refractivity contribution in [1.29, 1.82) is 0 Å². The Balaban J connectivity index is 1.69. The van der Waals surface area contributed by atoms with Gasteiger partial charge in [0, 0.05) is 12.0 Å². The smallest absolute Gasteiger partial charge is 0.223 e. The number of rotatable bonds is 6. The van der Waals surface area contributed by atoms with Gasteiger partial charge in [-0.05, 0) is 77.1 Å². The molecule has 1 heterocycles. The van der Waals surface area contributed by atoms with Crippen LogP contribution in [0.2, 0.25) is 5.02 Å². The number of aryl methyl sites for hydroxylation is 1. The monoisotopic (exact) mass is 535 g/mol. The van der Waals surface area contributed by atoms with E-state index in [1.54, 1.807) is 6.92 Å². The number of nitrogens with zero attached hydrogens (tertiary/aromatic N) is 4. The summed E-state index contributed by atoms with van der Waals surface area (Å²) in [6, 6.07) is 2.41. The van der Waals surface area contributed by atoms with E-state index in [-0.39, 0.29) is 40.6 Å². The van der Waals surface area contributed by atoms with Crippen LogP contribution in [0.25, 0.3) is 0 Å². The fraction of sp³-hybridized carbons (Fsp3) is 0.520. The van der Waals surface area contributed by atoms with Crippen LogP contribution < -0.4 is 16.4 Å². The van der Waals surface area contributed by atoms with Crippen LogP contribution in [0.4, 0.5) is 26.2 Å². The van der Waals surface area contributed by atoms with Crippen molar-refractivity contribution in [3.63, 3.8) is 0 Å². The highest BCUT2D eigenvalue weighted by atomic mass is 35.5. The van der Waals surface area contributed by atoms with Crippen molar-refractivity contribution in [3.8, 4) is 0 Å². The number of halogens is 3. The predicted molar refractivity (Wildman–Crippen MR) is 141 cm³/mol. The molecule has 5 N–H and O–H groups in total. The van der Waals surface area contributed by atoms with Crippen LogP contribution >= 0.6 is 11.6 Å². The number of carbonyl (C=O) groups is 1. The van der Waals surface area contributed by atoms with Crippen LogP contribution in [0.3, 0.4) is 0 Å². The second kappa shape index (κ2) is 11.6. The normalized spacial score (nSPS) is 24.5. The first-order valence-electron chi connectivity index (χ1n) is 12.5. The molecule has 9 nitrogen and oxygen atoms in total. The lowest BCUT2D eigenvalue weighted by Crippen LogP contribution is -2.29. The Morgan fingerprint density at radius 1 is 1.22 bits per heavy atom. The maximum absolute atomic E-state index is 14.6. The summed E-state index contributed by atoms with van der Waals surface area (Å²) in [4.78, 5) is 25.0. The number of aromatic nitrogens is 2. The van der Waals surface area contributed by atoms with Crippen LogP contribution in [0, 0.1) is 24.5 Å². The molecular formula is C25H32ClF2N7O2. The van der Waals surface area contributed by atoms with Crippen LogP contribution in [-0.2, 0) is 4.79 Å². The van der Waals surface area contributed by atoms with Gasteiger partial charge in [-0.3, -0.25) is 9.36 Å². The van der Waals surface area contributed by atoms with E-state index in [1.807, 2.05) is 4.57 Å². The number of nitrogens with one attached hydrogen (secondary N) is 2. The van der Waals surface area contributed by atoms with E-state index >= 15 is 0 Å². The van der Waals surface area contributed by atoms with E-state index in [4.69, 9.17) is 17.3 Å². The molecule has 0 bridgehead atoms. The van der Waals surface area contributed by atoms with Crippen LogP contribution in [0.15, 0.2) is 22.1 Å². The van der Waals surface area contributed by atoms with Crippen molar-refractivity contribution in [2.45, 2.75) is 76.5 Å². The van der Waals surface area contributed by atoms with E-state index in [9.17, 15) is 18.7 Å². The van der Waals surface area contributed by atoms with Gasteiger partial charge in [0.25, 0.3) is 0 Å². The van der Waals surface area contributed by atoms with Gasteiger partial charge < -0.3 is 21.5 Å². The second-order valence-corrected chi connectivity index (χ2v) is 10.1. The van der Waals surface area contributed by atoms with Crippen molar-refractivity contribution < 1.29 is 18.7 Å². The van der Waals surface area contributed by atoms with Gasteiger partial charge in [0.15, 0.2) is 11.6 Å². The van der Waals surface area contributed by atoms with Gasteiger partial charge >= 0.3 is 0 Å². The quantitative estimate of drug-likeness (QED) is 0.238. The molecule has 2 aromatic rings. The van der Waals surface area contributed by atoms with Gasteiger partial charge in [-0.25, -0.2) is 23.7 Å². The number of aliphatic imine (C=N–C) groups is 2. The average Bonchev–Trinajstić information content (AvgIpc) is 3.18. The fourth-order valence-corrected chi connectivity index (χ4v) is 5.30. The molecule has 2 saturated carbocycles. The molecule has 12 heteroatoms. The number of aliphatic hydroxyl groups is 1. The first-order valence-corrected chi connectivity index (χ1v) is 12.8. The number of hydrogen-bond donors (Lipinski definition) is 4. The van der Waals surface area contributed by atoms with Gasteiger partial charge in [-0.1, -0.05) is 11.6 Å². The number of amides is 1. The number of imidazole rings is 1. The minimum absolute atomic E-state index is 0.0943. The third kappa shape index (κ3) is 6.10. The predicted octanol–water partition coefficient (Wildman–Crippen LogP) is 4.86. The van der Waals surface area contributed by atoms with E-state index in [0.717, 1.165) is 19.3 Å². The van der Waals surface area contributed by atoms with Gasteiger partial charge in [-0.15, -0.1) is 0 Å². The zero-order chi connectivity index (χ0) is 26.7. The topological polar surface area (TPSA) is 130 Å². The first-order chi connectivity index (χ1) is 17.7. The van der Waals surface area contributed by atoms with E-state index in [0.29, 0.717) is 49.6 Å². The molecule has 0 aliphatic heterocycles. The molecular weight excluding hydrogens is 504 g/mol. The number of aliphatic hydroxyl groups excluding tert-OH is 1. The van der Waals surface area contributed by atoms with Gasteiger partial charge in [-0.2, -0.15) is 0 Å². The highest BCUT2D eigenvalue weighted by Gasteiger charge is 2.30. The fourth-order valence-electron chi connectivity index (χ4n) is 5.15. The molecule has 0 radical (unpaired) electrons. The molecule has 2 atom stereocenters.